The molecule has 1 fully saturated rings. The maximum atomic E-state index is 14.1. The Bertz CT molecular complexity index is 731. The second-order valence-corrected chi connectivity index (χ2v) is 5.64. The van der Waals surface area contributed by atoms with Crippen molar-refractivity contribution in [2.75, 3.05) is 6.54 Å². The normalized spacial score (nSPS) is 24.2. The van der Waals surface area contributed by atoms with Gasteiger partial charge < -0.3 is 4.90 Å². The van der Waals surface area contributed by atoms with Gasteiger partial charge in [0, 0.05) is 22.4 Å². The Hall–Kier alpha value is -2.42. The van der Waals surface area contributed by atoms with E-state index in [0.29, 0.717) is 17.0 Å². The number of benzene rings is 1. The van der Waals surface area contributed by atoms with Gasteiger partial charge in [0.2, 0.25) is 5.91 Å². The van der Waals surface area contributed by atoms with Crippen LogP contribution in [0.2, 0.25) is 0 Å². The highest BCUT2D eigenvalue weighted by Gasteiger charge is 2.46. The fourth-order valence-corrected chi connectivity index (χ4v) is 2.96. The fraction of sp³-hybridized carbons (Fsp3) is 0.500. The molecule has 25 heavy (non-hydrogen) atoms. The zero-order chi connectivity index (χ0) is 18.9. The molecule has 3 atom stereocenters. The highest BCUT2D eigenvalue weighted by Crippen LogP contribution is 2.38. The van der Waals surface area contributed by atoms with Crippen LogP contribution in [0, 0.1) is 17.5 Å². The maximum Gasteiger partial charge on any atom is 0.406 e. The molecule has 1 saturated heterocycles. The molecule has 1 aromatic carbocycles. The number of carbonyl (C=O) groups is 1. The van der Waals surface area contributed by atoms with Crippen LogP contribution in [0.25, 0.3) is 10.4 Å². The van der Waals surface area contributed by atoms with Crippen LogP contribution < -0.4 is 0 Å². The molecule has 0 aliphatic carbocycles. The van der Waals surface area contributed by atoms with Crippen LogP contribution in [-0.4, -0.2) is 35.6 Å². The van der Waals surface area contributed by atoms with Crippen LogP contribution in [-0.2, 0) is 4.79 Å². The molecule has 1 aliphatic heterocycles. The number of piperidine rings is 1. The predicted octanol–water partition coefficient (Wildman–Crippen LogP) is 4.05. The van der Waals surface area contributed by atoms with Gasteiger partial charge in [-0.3, -0.25) is 4.79 Å². The number of hydrogen-bond donors (Lipinski definition) is 0. The van der Waals surface area contributed by atoms with Gasteiger partial charge in [-0.1, -0.05) is 5.11 Å². The minimum atomic E-state index is -4.77. The van der Waals surface area contributed by atoms with Crippen molar-refractivity contribution in [3.8, 4) is 0 Å². The Labute approximate surface area is 137 Å². The minimum Gasteiger partial charge on any atom is -0.330 e. The first-order valence-corrected chi connectivity index (χ1v) is 7.11. The van der Waals surface area contributed by atoms with Crippen LogP contribution in [0.15, 0.2) is 17.2 Å². The third-order valence-corrected chi connectivity index (χ3v) is 4.11. The molecule has 11 heteroatoms. The summed E-state index contributed by atoms with van der Waals surface area (Å²) in [6.45, 7) is -0.510. The zero-order valence-corrected chi connectivity index (χ0v) is 12.8. The molecule has 2 rings (SSSR count). The Morgan fingerprint density at radius 1 is 1.28 bits per heavy atom. The molecular formula is C14H12F6N4O. The van der Waals surface area contributed by atoms with Crippen molar-refractivity contribution >= 4 is 5.91 Å². The average Bonchev–Trinajstić information content (AvgIpc) is 2.51. The van der Waals surface area contributed by atoms with E-state index in [4.69, 9.17) is 5.53 Å². The first kappa shape index (κ1) is 18.9. The molecule has 1 heterocycles. The molecule has 136 valence electrons. The number of azide groups is 1. The SMILES string of the molecule is C[C@H]1[C@@H](c2c(F)ccc(F)c2F)C[C@@H](N=[N+]=[N-])C(=O)N1CC(F)(F)F. The van der Waals surface area contributed by atoms with Crippen molar-refractivity contribution in [2.24, 2.45) is 5.11 Å². The monoisotopic (exact) mass is 366 g/mol. The summed E-state index contributed by atoms with van der Waals surface area (Å²) in [7, 11) is 0. The lowest BCUT2D eigenvalue weighted by Crippen LogP contribution is -2.55. The summed E-state index contributed by atoms with van der Waals surface area (Å²) in [5.74, 6) is -6.49. The molecule has 0 radical (unpaired) electrons. The van der Waals surface area contributed by atoms with Crippen LogP contribution >= 0.6 is 0 Å². The number of amides is 1. The van der Waals surface area contributed by atoms with Gasteiger partial charge in [0.1, 0.15) is 18.4 Å². The number of hydrogen-bond acceptors (Lipinski definition) is 2. The van der Waals surface area contributed by atoms with Crippen LogP contribution in [0.3, 0.4) is 0 Å². The van der Waals surface area contributed by atoms with E-state index < -0.39 is 66.1 Å². The van der Waals surface area contributed by atoms with Gasteiger partial charge in [-0.15, -0.1) is 0 Å². The average molecular weight is 366 g/mol. The van der Waals surface area contributed by atoms with Gasteiger partial charge in [0.15, 0.2) is 11.6 Å². The van der Waals surface area contributed by atoms with Crippen molar-refractivity contribution in [2.45, 2.75) is 37.5 Å². The molecule has 1 amide bonds. The largest absolute Gasteiger partial charge is 0.406 e. The summed E-state index contributed by atoms with van der Waals surface area (Å²) in [5, 5.41) is 3.12. The number of rotatable bonds is 3. The highest BCUT2D eigenvalue weighted by molar-refractivity contribution is 5.83. The van der Waals surface area contributed by atoms with Crippen molar-refractivity contribution in [3.05, 3.63) is 45.6 Å². The number of halogens is 6. The molecule has 0 spiro atoms. The Morgan fingerprint density at radius 2 is 1.88 bits per heavy atom. The van der Waals surface area contributed by atoms with E-state index in [-0.39, 0.29) is 0 Å². The topological polar surface area (TPSA) is 69.1 Å². The summed E-state index contributed by atoms with van der Waals surface area (Å²) >= 11 is 0. The predicted molar refractivity (Wildman–Crippen MR) is 73.8 cm³/mol. The van der Waals surface area contributed by atoms with E-state index in [2.05, 4.69) is 10.0 Å². The van der Waals surface area contributed by atoms with Gasteiger partial charge in [-0.25, -0.2) is 13.2 Å². The number of nitrogens with zero attached hydrogens (tertiary/aromatic N) is 4. The molecule has 1 aliphatic rings. The summed E-state index contributed by atoms with van der Waals surface area (Å²) < 4.78 is 79.8. The third kappa shape index (κ3) is 3.81. The lowest BCUT2D eigenvalue weighted by atomic mass is 9.81. The van der Waals surface area contributed by atoms with E-state index in [1.807, 2.05) is 0 Å². The van der Waals surface area contributed by atoms with E-state index in [1.54, 1.807) is 0 Å². The first-order chi connectivity index (χ1) is 11.6. The summed E-state index contributed by atoms with van der Waals surface area (Å²) in [5.41, 5.74) is 7.72. The standard InChI is InChI=1S/C14H12F6N4O/c1-6-7(11-8(15)2-3-9(16)12(11)17)4-10(22-23-21)13(25)24(6)5-14(18,19)20/h2-3,6-7,10H,4-5H2,1H3/t6-,7-,10+/m0/s1. The van der Waals surface area contributed by atoms with Crippen molar-refractivity contribution in [1.82, 2.24) is 4.90 Å². The van der Waals surface area contributed by atoms with Crippen LogP contribution in [0.4, 0.5) is 26.3 Å². The fourth-order valence-electron chi connectivity index (χ4n) is 2.96. The lowest BCUT2D eigenvalue weighted by molar-refractivity contribution is -0.170. The van der Waals surface area contributed by atoms with E-state index in [9.17, 15) is 31.1 Å². The van der Waals surface area contributed by atoms with Crippen LogP contribution in [0.5, 0.6) is 0 Å². The van der Waals surface area contributed by atoms with E-state index in [0.717, 1.165) is 0 Å². The van der Waals surface area contributed by atoms with Gasteiger partial charge >= 0.3 is 6.18 Å². The highest BCUT2D eigenvalue weighted by atomic mass is 19.4. The lowest BCUT2D eigenvalue weighted by Gasteiger charge is -2.42. The minimum absolute atomic E-state index is 0.345. The van der Waals surface area contributed by atoms with E-state index in [1.165, 1.54) is 6.92 Å². The molecule has 0 saturated carbocycles. The maximum absolute atomic E-state index is 14.1. The summed E-state index contributed by atoms with van der Waals surface area (Å²) in [6.07, 6.45) is -5.21. The molecule has 0 unspecified atom stereocenters. The second kappa shape index (κ2) is 6.83. The Kier molecular flexibility index (Phi) is 5.17. The van der Waals surface area contributed by atoms with Gasteiger partial charge in [0.25, 0.3) is 0 Å². The summed E-state index contributed by atoms with van der Waals surface area (Å²) in [6, 6.07) is -1.67. The van der Waals surface area contributed by atoms with Gasteiger partial charge in [-0.2, -0.15) is 13.2 Å². The van der Waals surface area contributed by atoms with Crippen molar-refractivity contribution in [1.29, 1.82) is 0 Å². The first-order valence-electron chi connectivity index (χ1n) is 7.11. The molecule has 0 N–H and O–H groups in total. The smallest absolute Gasteiger partial charge is 0.330 e. The quantitative estimate of drug-likeness (QED) is 0.262. The van der Waals surface area contributed by atoms with E-state index >= 15 is 0 Å². The van der Waals surface area contributed by atoms with Crippen molar-refractivity contribution < 1.29 is 31.1 Å². The molecule has 0 bridgehead atoms. The van der Waals surface area contributed by atoms with Gasteiger partial charge in [-0.05, 0) is 31.0 Å². The number of alkyl halides is 3. The molecule has 5 nitrogen and oxygen atoms in total. The molecular weight excluding hydrogens is 354 g/mol. The molecule has 0 aromatic heterocycles. The van der Waals surface area contributed by atoms with Crippen molar-refractivity contribution in [3.63, 3.8) is 0 Å². The number of carbonyl (C=O) groups excluding carboxylic acids is 1. The Balaban J connectivity index is 2.52. The number of likely N-dealkylation sites (tertiary alicyclic amines) is 1. The molecule has 1 aromatic rings. The van der Waals surface area contributed by atoms with Gasteiger partial charge in [0.05, 0.1) is 0 Å². The third-order valence-electron chi connectivity index (χ3n) is 4.11. The van der Waals surface area contributed by atoms with Crippen LogP contribution in [0.1, 0.15) is 24.8 Å². The Morgan fingerprint density at radius 3 is 2.44 bits per heavy atom. The summed E-state index contributed by atoms with van der Waals surface area (Å²) in [4.78, 5) is 14.9. The zero-order valence-electron chi connectivity index (χ0n) is 12.8. The second-order valence-electron chi connectivity index (χ2n) is 5.64.